The van der Waals surface area contributed by atoms with E-state index in [9.17, 15) is 0 Å². The van der Waals surface area contributed by atoms with Crippen molar-refractivity contribution >= 4 is 0 Å². The van der Waals surface area contributed by atoms with Gasteiger partial charge in [-0.05, 0) is 5.92 Å². The van der Waals surface area contributed by atoms with Gasteiger partial charge in [0, 0.05) is 32.2 Å². The van der Waals surface area contributed by atoms with Crippen LogP contribution >= 0.6 is 0 Å². The van der Waals surface area contributed by atoms with Gasteiger partial charge in [-0.1, -0.05) is 13.8 Å². The van der Waals surface area contributed by atoms with Crippen LogP contribution in [0.3, 0.4) is 0 Å². The lowest BCUT2D eigenvalue weighted by Crippen LogP contribution is -2.60. The Morgan fingerprint density at radius 1 is 1.17 bits per heavy atom. The van der Waals surface area contributed by atoms with E-state index in [0.717, 1.165) is 19.0 Å². The van der Waals surface area contributed by atoms with E-state index in [1.165, 1.54) is 13.1 Å². The molecule has 2 aliphatic rings. The van der Waals surface area contributed by atoms with Crippen molar-refractivity contribution in [2.24, 2.45) is 5.92 Å². The molecule has 0 aromatic carbocycles. The minimum atomic E-state index is 0.596. The van der Waals surface area contributed by atoms with Crippen LogP contribution < -0.4 is 10.6 Å². The first-order valence-corrected chi connectivity index (χ1v) is 5.00. The monoisotopic (exact) mass is 169 g/mol. The van der Waals surface area contributed by atoms with Gasteiger partial charge < -0.3 is 5.32 Å². The van der Waals surface area contributed by atoms with Gasteiger partial charge in [0.2, 0.25) is 0 Å². The SMILES string of the molecule is CC(C)C1NCCN2CCNC12. The van der Waals surface area contributed by atoms with E-state index in [1.807, 2.05) is 0 Å². The average molecular weight is 169 g/mol. The van der Waals surface area contributed by atoms with E-state index in [0.29, 0.717) is 12.2 Å². The third-order valence-electron chi connectivity index (χ3n) is 2.98. The van der Waals surface area contributed by atoms with Crippen LogP contribution in [0.2, 0.25) is 0 Å². The summed E-state index contributed by atoms with van der Waals surface area (Å²) in [7, 11) is 0. The summed E-state index contributed by atoms with van der Waals surface area (Å²) in [6.45, 7) is 9.34. The number of nitrogens with one attached hydrogen (secondary N) is 2. The summed E-state index contributed by atoms with van der Waals surface area (Å²) in [5.74, 6) is 0.725. The molecule has 3 heteroatoms. The molecule has 2 aliphatic heterocycles. The van der Waals surface area contributed by atoms with Gasteiger partial charge in [0.25, 0.3) is 0 Å². The van der Waals surface area contributed by atoms with Gasteiger partial charge in [-0.2, -0.15) is 0 Å². The van der Waals surface area contributed by atoms with Gasteiger partial charge >= 0.3 is 0 Å². The van der Waals surface area contributed by atoms with E-state index in [1.54, 1.807) is 0 Å². The third-order valence-corrected chi connectivity index (χ3v) is 2.98. The van der Waals surface area contributed by atoms with Crippen LogP contribution in [0.4, 0.5) is 0 Å². The van der Waals surface area contributed by atoms with E-state index in [2.05, 4.69) is 29.4 Å². The van der Waals surface area contributed by atoms with Crippen LogP contribution in [0.1, 0.15) is 13.8 Å². The van der Waals surface area contributed by atoms with Crippen LogP contribution in [0.5, 0.6) is 0 Å². The highest BCUT2D eigenvalue weighted by Gasteiger charge is 2.35. The van der Waals surface area contributed by atoms with Crippen molar-refractivity contribution in [3.8, 4) is 0 Å². The third kappa shape index (κ3) is 1.37. The van der Waals surface area contributed by atoms with Crippen molar-refractivity contribution in [1.82, 2.24) is 15.5 Å². The van der Waals surface area contributed by atoms with Crippen molar-refractivity contribution in [3.05, 3.63) is 0 Å². The zero-order chi connectivity index (χ0) is 8.55. The minimum absolute atomic E-state index is 0.596. The Labute approximate surface area is 74.5 Å². The quantitative estimate of drug-likeness (QED) is 0.571. The maximum absolute atomic E-state index is 3.59. The lowest BCUT2D eigenvalue weighted by molar-refractivity contribution is 0.125. The Kier molecular flexibility index (Phi) is 2.35. The normalized spacial score (nSPS) is 37.2. The second kappa shape index (κ2) is 3.32. The van der Waals surface area contributed by atoms with Gasteiger partial charge in [0.1, 0.15) is 0 Å². The molecule has 0 spiro atoms. The van der Waals surface area contributed by atoms with Crippen molar-refractivity contribution in [1.29, 1.82) is 0 Å². The molecule has 0 aliphatic carbocycles. The van der Waals surface area contributed by atoms with E-state index in [4.69, 9.17) is 0 Å². The molecule has 0 saturated carbocycles. The summed E-state index contributed by atoms with van der Waals surface area (Å²) in [5, 5.41) is 7.14. The number of rotatable bonds is 1. The lowest BCUT2D eigenvalue weighted by atomic mass is 9.99. The highest BCUT2D eigenvalue weighted by Crippen LogP contribution is 2.16. The molecule has 3 nitrogen and oxygen atoms in total. The first-order chi connectivity index (χ1) is 5.79. The van der Waals surface area contributed by atoms with E-state index >= 15 is 0 Å². The van der Waals surface area contributed by atoms with Crippen molar-refractivity contribution in [3.63, 3.8) is 0 Å². The predicted molar refractivity (Wildman–Crippen MR) is 50.0 cm³/mol. The molecular weight excluding hydrogens is 150 g/mol. The highest BCUT2D eigenvalue weighted by atomic mass is 15.4. The predicted octanol–water partition coefficient (Wildman–Crippen LogP) is -0.154. The Morgan fingerprint density at radius 3 is 2.50 bits per heavy atom. The van der Waals surface area contributed by atoms with Gasteiger partial charge in [-0.3, -0.25) is 10.2 Å². The molecular formula is C9H19N3. The molecule has 2 rings (SSSR count). The minimum Gasteiger partial charge on any atom is -0.310 e. The number of hydrogen-bond donors (Lipinski definition) is 2. The molecule has 70 valence electrons. The molecule has 2 N–H and O–H groups in total. The van der Waals surface area contributed by atoms with Crippen LogP contribution in [0, 0.1) is 5.92 Å². The molecule has 0 amide bonds. The number of piperazine rings is 1. The van der Waals surface area contributed by atoms with Gasteiger partial charge in [-0.15, -0.1) is 0 Å². The Hall–Kier alpha value is -0.120. The smallest absolute Gasteiger partial charge is 0.0759 e. The summed E-state index contributed by atoms with van der Waals surface area (Å²) < 4.78 is 0. The fourth-order valence-electron chi connectivity index (χ4n) is 2.32. The van der Waals surface area contributed by atoms with Gasteiger partial charge in [0.15, 0.2) is 0 Å². The van der Waals surface area contributed by atoms with Crippen LogP contribution in [-0.4, -0.2) is 43.3 Å². The lowest BCUT2D eigenvalue weighted by Gasteiger charge is -2.39. The molecule has 12 heavy (non-hydrogen) atoms. The first kappa shape index (κ1) is 8.48. The summed E-state index contributed by atoms with van der Waals surface area (Å²) in [5.41, 5.74) is 0. The second-order valence-electron chi connectivity index (χ2n) is 4.16. The Morgan fingerprint density at radius 2 is 1.83 bits per heavy atom. The van der Waals surface area contributed by atoms with Crippen molar-refractivity contribution in [2.75, 3.05) is 26.2 Å². The molecule has 2 heterocycles. The van der Waals surface area contributed by atoms with Gasteiger partial charge in [-0.25, -0.2) is 0 Å². The number of hydrogen-bond acceptors (Lipinski definition) is 3. The van der Waals surface area contributed by atoms with Crippen molar-refractivity contribution in [2.45, 2.75) is 26.1 Å². The maximum atomic E-state index is 3.59. The number of fused-ring (bicyclic) bond motifs is 1. The molecule has 2 atom stereocenters. The van der Waals surface area contributed by atoms with Gasteiger partial charge in [0.05, 0.1) is 6.17 Å². The average Bonchev–Trinajstić information content (AvgIpc) is 2.49. The fraction of sp³-hybridized carbons (Fsp3) is 1.00. The van der Waals surface area contributed by atoms with Crippen LogP contribution in [-0.2, 0) is 0 Å². The molecule has 2 saturated heterocycles. The summed E-state index contributed by atoms with van der Waals surface area (Å²) in [4.78, 5) is 2.56. The molecule has 0 aromatic rings. The standard InChI is InChI=1S/C9H19N3/c1-7(2)8-9-11-4-6-12(9)5-3-10-8/h7-11H,3-6H2,1-2H3. The second-order valence-corrected chi connectivity index (χ2v) is 4.16. The van der Waals surface area contributed by atoms with Crippen LogP contribution in [0.15, 0.2) is 0 Å². The molecule has 2 unspecified atom stereocenters. The molecule has 0 bridgehead atoms. The fourth-order valence-corrected chi connectivity index (χ4v) is 2.32. The van der Waals surface area contributed by atoms with Crippen molar-refractivity contribution < 1.29 is 0 Å². The topological polar surface area (TPSA) is 27.3 Å². The Bertz CT molecular complexity index is 158. The summed E-state index contributed by atoms with van der Waals surface area (Å²) in [6.07, 6.45) is 0.596. The zero-order valence-electron chi connectivity index (χ0n) is 8.01. The first-order valence-electron chi connectivity index (χ1n) is 5.00. The molecule has 0 aromatic heterocycles. The number of nitrogens with zero attached hydrogens (tertiary/aromatic N) is 1. The zero-order valence-corrected chi connectivity index (χ0v) is 8.01. The molecule has 2 fully saturated rings. The van der Waals surface area contributed by atoms with E-state index < -0.39 is 0 Å². The summed E-state index contributed by atoms with van der Waals surface area (Å²) >= 11 is 0. The largest absolute Gasteiger partial charge is 0.310 e. The highest BCUT2D eigenvalue weighted by molar-refractivity contribution is 4.93. The van der Waals surface area contributed by atoms with Crippen LogP contribution in [0.25, 0.3) is 0 Å². The molecule has 0 radical (unpaired) electrons. The maximum Gasteiger partial charge on any atom is 0.0759 e. The summed E-state index contributed by atoms with van der Waals surface area (Å²) in [6, 6.07) is 0.640. The Balaban J connectivity index is 2.03. The van der Waals surface area contributed by atoms with E-state index in [-0.39, 0.29) is 0 Å².